The first kappa shape index (κ1) is 16.0. The molecule has 0 saturated heterocycles. The Bertz CT molecular complexity index is 650. The van der Waals surface area contributed by atoms with E-state index < -0.39 is 0 Å². The van der Waals surface area contributed by atoms with E-state index in [9.17, 15) is 10.2 Å². The van der Waals surface area contributed by atoms with E-state index in [4.69, 9.17) is 9.47 Å². The number of benzene rings is 2. The first-order chi connectivity index (χ1) is 10.6. The third-order valence-corrected chi connectivity index (χ3v) is 3.82. The van der Waals surface area contributed by atoms with Crippen LogP contribution in [-0.2, 0) is 12.8 Å². The summed E-state index contributed by atoms with van der Waals surface area (Å²) in [7, 11) is 3.30. The van der Waals surface area contributed by atoms with Crippen molar-refractivity contribution in [3.63, 3.8) is 0 Å². The average molecular weight is 302 g/mol. The molecule has 4 nitrogen and oxygen atoms in total. The Morgan fingerprint density at radius 1 is 0.909 bits per heavy atom. The van der Waals surface area contributed by atoms with Gasteiger partial charge in [0.05, 0.1) is 14.2 Å². The molecular formula is C18H22O4. The first-order valence-electron chi connectivity index (χ1n) is 7.28. The average Bonchev–Trinajstić information content (AvgIpc) is 2.51. The van der Waals surface area contributed by atoms with Gasteiger partial charge in [0.25, 0.3) is 0 Å². The van der Waals surface area contributed by atoms with Crippen LogP contribution in [0, 0.1) is 6.92 Å². The van der Waals surface area contributed by atoms with E-state index in [2.05, 4.69) is 0 Å². The Labute approximate surface area is 130 Å². The number of hydrogen-bond acceptors (Lipinski definition) is 4. The Balaban J connectivity index is 2.09. The lowest BCUT2D eigenvalue weighted by Crippen LogP contribution is -1.99. The van der Waals surface area contributed by atoms with Crippen LogP contribution in [0.4, 0.5) is 0 Å². The van der Waals surface area contributed by atoms with Gasteiger partial charge in [0.15, 0.2) is 0 Å². The maximum atomic E-state index is 9.79. The Morgan fingerprint density at radius 2 is 1.64 bits per heavy atom. The largest absolute Gasteiger partial charge is 0.508 e. The van der Waals surface area contributed by atoms with Crippen LogP contribution in [-0.4, -0.2) is 24.4 Å². The number of phenolic OH excluding ortho intramolecular Hbond substituents is 2. The van der Waals surface area contributed by atoms with Gasteiger partial charge >= 0.3 is 0 Å². The van der Waals surface area contributed by atoms with E-state index >= 15 is 0 Å². The van der Waals surface area contributed by atoms with E-state index in [1.54, 1.807) is 20.3 Å². The molecule has 0 aliphatic heterocycles. The van der Waals surface area contributed by atoms with Crippen LogP contribution in [0.1, 0.15) is 23.1 Å². The third kappa shape index (κ3) is 3.45. The minimum Gasteiger partial charge on any atom is -0.508 e. The van der Waals surface area contributed by atoms with Crippen LogP contribution >= 0.6 is 0 Å². The summed E-state index contributed by atoms with van der Waals surface area (Å²) in [5, 5.41) is 19.3. The van der Waals surface area contributed by atoms with Crippen molar-refractivity contribution in [1.29, 1.82) is 0 Å². The predicted octanol–water partition coefficient (Wildman–Crippen LogP) is 3.60. The molecule has 2 aromatic carbocycles. The van der Waals surface area contributed by atoms with E-state index in [0.717, 1.165) is 41.0 Å². The van der Waals surface area contributed by atoms with Crippen molar-refractivity contribution in [3.8, 4) is 23.0 Å². The maximum Gasteiger partial charge on any atom is 0.128 e. The molecule has 2 aromatic rings. The molecule has 4 heteroatoms. The minimum absolute atomic E-state index is 0.172. The standard InChI is InChI=1S/C18H22O4/c1-12-17(21-2)10-7-13(18(12)22-3)5-4-6-14-11-15(19)8-9-16(14)20/h7-11,19-20H,4-6H2,1-3H3. The second-order valence-corrected chi connectivity index (χ2v) is 5.25. The van der Waals surface area contributed by atoms with Gasteiger partial charge in [-0.2, -0.15) is 0 Å². The van der Waals surface area contributed by atoms with Crippen molar-refractivity contribution < 1.29 is 19.7 Å². The highest BCUT2D eigenvalue weighted by atomic mass is 16.5. The lowest BCUT2D eigenvalue weighted by molar-refractivity contribution is 0.385. The minimum atomic E-state index is 0.172. The van der Waals surface area contributed by atoms with Gasteiger partial charge in [-0.05, 0) is 61.6 Å². The van der Waals surface area contributed by atoms with Crippen LogP contribution in [0.25, 0.3) is 0 Å². The Hall–Kier alpha value is -2.36. The van der Waals surface area contributed by atoms with Crippen molar-refractivity contribution in [2.24, 2.45) is 0 Å². The highest BCUT2D eigenvalue weighted by molar-refractivity contribution is 5.49. The molecule has 0 fully saturated rings. The summed E-state index contributed by atoms with van der Waals surface area (Å²) in [6.45, 7) is 1.97. The second-order valence-electron chi connectivity index (χ2n) is 5.25. The third-order valence-electron chi connectivity index (χ3n) is 3.82. The smallest absolute Gasteiger partial charge is 0.128 e. The molecule has 0 aliphatic rings. The fourth-order valence-corrected chi connectivity index (χ4v) is 2.67. The zero-order valence-electron chi connectivity index (χ0n) is 13.2. The van der Waals surface area contributed by atoms with Crippen molar-refractivity contribution in [2.45, 2.75) is 26.2 Å². The normalized spacial score (nSPS) is 10.5. The zero-order chi connectivity index (χ0) is 16.1. The van der Waals surface area contributed by atoms with Gasteiger partial charge < -0.3 is 19.7 Å². The number of aromatic hydroxyl groups is 2. The van der Waals surface area contributed by atoms with Gasteiger partial charge in [-0.25, -0.2) is 0 Å². The van der Waals surface area contributed by atoms with Crippen molar-refractivity contribution >= 4 is 0 Å². The van der Waals surface area contributed by atoms with Crippen LogP contribution in [0.3, 0.4) is 0 Å². The number of methoxy groups -OCH3 is 2. The first-order valence-corrected chi connectivity index (χ1v) is 7.28. The van der Waals surface area contributed by atoms with Gasteiger partial charge in [-0.3, -0.25) is 0 Å². The van der Waals surface area contributed by atoms with Crippen molar-refractivity contribution in [3.05, 3.63) is 47.0 Å². The fourth-order valence-electron chi connectivity index (χ4n) is 2.67. The molecule has 118 valence electrons. The van der Waals surface area contributed by atoms with E-state index in [-0.39, 0.29) is 11.5 Å². The SMILES string of the molecule is COc1ccc(CCCc2cc(O)ccc2O)c(OC)c1C. The van der Waals surface area contributed by atoms with Crippen LogP contribution in [0.5, 0.6) is 23.0 Å². The molecule has 0 unspecified atom stereocenters. The number of aryl methyl sites for hydroxylation is 2. The predicted molar refractivity (Wildman–Crippen MR) is 86.1 cm³/mol. The highest BCUT2D eigenvalue weighted by Gasteiger charge is 2.11. The Kier molecular flexibility index (Phi) is 5.15. The quantitative estimate of drug-likeness (QED) is 0.801. The van der Waals surface area contributed by atoms with Crippen molar-refractivity contribution in [2.75, 3.05) is 14.2 Å². The number of rotatable bonds is 6. The lowest BCUT2D eigenvalue weighted by atomic mass is 10.0. The number of hydrogen-bond donors (Lipinski definition) is 2. The summed E-state index contributed by atoms with van der Waals surface area (Å²) in [6.07, 6.45) is 2.36. The molecule has 0 saturated carbocycles. The molecule has 2 N–H and O–H groups in total. The monoisotopic (exact) mass is 302 g/mol. The van der Waals surface area contributed by atoms with Crippen LogP contribution < -0.4 is 9.47 Å². The summed E-state index contributed by atoms with van der Waals surface area (Å²) in [5.74, 6) is 2.05. The second kappa shape index (κ2) is 7.07. The number of ether oxygens (including phenoxy) is 2. The molecule has 0 bridgehead atoms. The molecular weight excluding hydrogens is 280 g/mol. The summed E-state index contributed by atoms with van der Waals surface area (Å²) >= 11 is 0. The Morgan fingerprint density at radius 3 is 2.32 bits per heavy atom. The van der Waals surface area contributed by atoms with Crippen molar-refractivity contribution in [1.82, 2.24) is 0 Å². The summed E-state index contributed by atoms with van der Waals surface area (Å²) in [5.41, 5.74) is 2.85. The molecule has 0 radical (unpaired) electrons. The topological polar surface area (TPSA) is 58.9 Å². The molecule has 0 spiro atoms. The van der Waals surface area contributed by atoms with E-state index in [1.807, 2.05) is 19.1 Å². The van der Waals surface area contributed by atoms with Crippen LogP contribution in [0.15, 0.2) is 30.3 Å². The molecule has 2 rings (SSSR count). The van der Waals surface area contributed by atoms with Gasteiger partial charge in [0.2, 0.25) is 0 Å². The van der Waals surface area contributed by atoms with Gasteiger partial charge in [0.1, 0.15) is 23.0 Å². The molecule has 0 heterocycles. The van der Waals surface area contributed by atoms with E-state index in [1.165, 1.54) is 12.1 Å². The zero-order valence-corrected chi connectivity index (χ0v) is 13.2. The summed E-state index contributed by atoms with van der Waals surface area (Å²) in [4.78, 5) is 0. The molecule has 0 aliphatic carbocycles. The van der Waals surface area contributed by atoms with Crippen LogP contribution in [0.2, 0.25) is 0 Å². The van der Waals surface area contributed by atoms with E-state index in [0.29, 0.717) is 6.42 Å². The highest BCUT2D eigenvalue weighted by Crippen LogP contribution is 2.32. The number of phenols is 2. The lowest BCUT2D eigenvalue weighted by Gasteiger charge is -2.14. The maximum absolute atomic E-state index is 9.79. The van der Waals surface area contributed by atoms with Gasteiger partial charge in [0, 0.05) is 5.56 Å². The molecule has 0 aromatic heterocycles. The molecule has 22 heavy (non-hydrogen) atoms. The molecule has 0 amide bonds. The fraction of sp³-hybridized carbons (Fsp3) is 0.333. The summed E-state index contributed by atoms with van der Waals surface area (Å²) < 4.78 is 10.8. The van der Waals surface area contributed by atoms with Gasteiger partial charge in [-0.1, -0.05) is 6.07 Å². The summed E-state index contributed by atoms with van der Waals surface area (Å²) in [6, 6.07) is 8.55. The molecule has 0 atom stereocenters. The van der Waals surface area contributed by atoms with Gasteiger partial charge in [-0.15, -0.1) is 0 Å².